The summed E-state index contributed by atoms with van der Waals surface area (Å²) >= 11 is 1.93. The summed E-state index contributed by atoms with van der Waals surface area (Å²) in [5, 5.41) is 0. The Morgan fingerprint density at radius 2 is 2.26 bits per heavy atom. The molecule has 0 aliphatic carbocycles. The van der Waals surface area contributed by atoms with E-state index in [9.17, 15) is 0 Å². The van der Waals surface area contributed by atoms with E-state index in [0.29, 0.717) is 5.92 Å². The number of likely N-dealkylation sites (tertiary alicyclic amines) is 1. The van der Waals surface area contributed by atoms with Gasteiger partial charge in [-0.2, -0.15) is 0 Å². The summed E-state index contributed by atoms with van der Waals surface area (Å²) in [6, 6.07) is 2.36. The minimum atomic E-state index is -0.0220. The predicted molar refractivity (Wildman–Crippen MR) is 79.6 cm³/mol. The average Bonchev–Trinajstić information content (AvgIpc) is 2.81. The summed E-state index contributed by atoms with van der Waals surface area (Å²) in [4.78, 5) is 5.25. The number of nitrogens with zero attached hydrogens (tertiary/aromatic N) is 1. The summed E-state index contributed by atoms with van der Waals surface area (Å²) < 4.78 is 6.32. The van der Waals surface area contributed by atoms with Crippen LogP contribution in [-0.4, -0.2) is 31.1 Å². The van der Waals surface area contributed by atoms with Crippen molar-refractivity contribution in [1.29, 1.82) is 0 Å². The molecular weight excluding hydrogens is 254 g/mol. The number of ether oxygens (including phenoxy) is 1. The Labute approximate surface area is 119 Å². The van der Waals surface area contributed by atoms with E-state index in [4.69, 9.17) is 11.2 Å². The van der Waals surface area contributed by atoms with Crippen LogP contribution in [0.5, 0.6) is 0 Å². The smallest absolute Gasteiger partial charge is 0.105 e. The van der Waals surface area contributed by atoms with Crippen molar-refractivity contribution >= 4 is 11.3 Å². The van der Waals surface area contributed by atoms with Gasteiger partial charge in [0.05, 0.1) is 13.2 Å². The molecule has 1 spiro atoms. The Kier molecular flexibility index (Phi) is 3.42. The summed E-state index contributed by atoms with van der Waals surface area (Å²) in [6.07, 6.45) is 7.56. The second-order valence-electron chi connectivity index (χ2n) is 5.83. The number of terminal acetylenes is 1. The van der Waals surface area contributed by atoms with Gasteiger partial charge in [-0.1, -0.05) is 12.8 Å². The van der Waals surface area contributed by atoms with Crippen molar-refractivity contribution in [3.8, 4) is 12.3 Å². The number of rotatable bonds is 1. The van der Waals surface area contributed by atoms with Crippen molar-refractivity contribution in [2.75, 3.05) is 26.2 Å². The molecule has 3 heteroatoms. The molecule has 1 fully saturated rings. The van der Waals surface area contributed by atoms with Crippen molar-refractivity contribution in [2.24, 2.45) is 0 Å². The number of fused-ring (bicyclic) bond motifs is 2. The molecular formula is C16H21NOS. The van der Waals surface area contributed by atoms with E-state index in [2.05, 4.69) is 30.7 Å². The lowest BCUT2D eigenvalue weighted by atomic mass is 9.82. The molecule has 1 atom stereocenters. The summed E-state index contributed by atoms with van der Waals surface area (Å²) in [5.41, 5.74) is 1.51. The molecule has 0 aromatic carbocycles. The molecule has 0 N–H and O–H groups in total. The Hall–Kier alpha value is -0.820. The topological polar surface area (TPSA) is 12.5 Å². The fraction of sp³-hybridized carbons (Fsp3) is 0.625. The Balaban J connectivity index is 1.87. The minimum absolute atomic E-state index is 0.0220. The first-order valence-electron chi connectivity index (χ1n) is 7.05. The molecule has 1 unspecified atom stereocenters. The molecule has 0 amide bonds. The molecule has 102 valence electrons. The van der Waals surface area contributed by atoms with Crippen LogP contribution >= 0.6 is 11.3 Å². The second-order valence-corrected chi connectivity index (χ2v) is 7.08. The minimum Gasteiger partial charge on any atom is -0.369 e. The Morgan fingerprint density at radius 1 is 1.53 bits per heavy atom. The lowest BCUT2D eigenvalue weighted by Gasteiger charge is -2.44. The second kappa shape index (κ2) is 4.94. The first-order chi connectivity index (χ1) is 9.14. The van der Waals surface area contributed by atoms with Crippen molar-refractivity contribution in [2.45, 2.75) is 38.2 Å². The van der Waals surface area contributed by atoms with E-state index >= 15 is 0 Å². The van der Waals surface area contributed by atoms with E-state index in [-0.39, 0.29) is 5.60 Å². The van der Waals surface area contributed by atoms with Gasteiger partial charge in [0.25, 0.3) is 0 Å². The van der Waals surface area contributed by atoms with Gasteiger partial charge in [0.1, 0.15) is 5.60 Å². The highest BCUT2D eigenvalue weighted by molar-refractivity contribution is 7.12. The van der Waals surface area contributed by atoms with Crippen molar-refractivity contribution < 1.29 is 4.74 Å². The van der Waals surface area contributed by atoms with E-state index in [0.717, 1.165) is 39.1 Å². The third-order valence-electron chi connectivity index (χ3n) is 4.42. The SMILES string of the molecule is C#CCN1CCC2(CC1)OCC(C)c1cc(C)sc12. The largest absolute Gasteiger partial charge is 0.369 e. The highest BCUT2D eigenvalue weighted by Gasteiger charge is 2.43. The van der Waals surface area contributed by atoms with Crippen LogP contribution in [0.15, 0.2) is 6.07 Å². The third-order valence-corrected chi connectivity index (χ3v) is 5.67. The lowest BCUT2D eigenvalue weighted by Crippen LogP contribution is -2.46. The molecule has 1 aromatic heterocycles. The van der Waals surface area contributed by atoms with Crippen molar-refractivity contribution in [3.05, 3.63) is 21.4 Å². The first-order valence-corrected chi connectivity index (χ1v) is 7.87. The fourth-order valence-corrected chi connectivity index (χ4v) is 4.60. The zero-order chi connectivity index (χ0) is 13.5. The average molecular weight is 275 g/mol. The monoisotopic (exact) mass is 275 g/mol. The molecule has 3 heterocycles. The van der Waals surface area contributed by atoms with Crippen molar-refractivity contribution in [3.63, 3.8) is 0 Å². The van der Waals surface area contributed by atoms with Crippen LogP contribution in [-0.2, 0) is 10.3 Å². The zero-order valence-electron chi connectivity index (χ0n) is 11.7. The van der Waals surface area contributed by atoms with Crippen LogP contribution in [0, 0.1) is 19.3 Å². The van der Waals surface area contributed by atoms with Gasteiger partial charge in [0, 0.05) is 28.8 Å². The van der Waals surface area contributed by atoms with Crippen LogP contribution in [0.4, 0.5) is 0 Å². The molecule has 1 aromatic rings. The fourth-order valence-electron chi connectivity index (χ4n) is 3.27. The molecule has 0 radical (unpaired) electrons. The molecule has 2 aliphatic rings. The number of hydrogen-bond donors (Lipinski definition) is 0. The molecule has 0 saturated carbocycles. The van der Waals surface area contributed by atoms with Crippen LogP contribution in [0.25, 0.3) is 0 Å². The van der Waals surface area contributed by atoms with Crippen LogP contribution in [0.3, 0.4) is 0 Å². The van der Waals surface area contributed by atoms with Gasteiger partial charge < -0.3 is 4.74 Å². The number of thiophene rings is 1. The van der Waals surface area contributed by atoms with Crippen LogP contribution in [0.2, 0.25) is 0 Å². The molecule has 3 rings (SSSR count). The number of hydrogen-bond acceptors (Lipinski definition) is 3. The summed E-state index contributed by atoms with van der Waals surface area (Å²) in [5.74, 6) is 3.28. The Bertz CT molecular complexity index is 505. The number of piperidine rings is 1. The zero-order valence-corrected chi connectivity index (χ0v) is 12.6. The van der Waals surface area contributed by atoms with Gasteiger partial charge in [-0.3, -0.25) is 4.90 Å². The van der Waals surface area contributed by atoms with E-state index in [1.54, 1.807) is 0 Å². The standard InChI is InChI=1S/C16H21NOS/c1-4-7-17-8-5-16(6-9-17)15-14(10-13(3)19-15)12(2)11-18-16/h1,10,12H,5-9,11H2,2-3H3. The van der Waals surface area contributed by atoms with E-state index in [1.807, 2.05) is 11.3 Å². The number of aryl methyl sites for hydroxylation is 1. The van der Waals surface area contributed by atoms with Gasteiger partial charge in [0.15, 0.2) is 0 Å². The maximum absolute atomic E-state index is 6.32. The highest BCUT2D eigenvalue weighted by Crippen LogP contribution is 2.48. The predicted octanol–water partition coefficient (Wildman–Crippen LogP) is 3.11. The van der Waals surface area contributed by atoms with Crippen molar-refractivity contribution in [1.82, 2.24) is 4.90 Å². The third kappa shape index (κ3) is 2.23. The molecule has 0 bridgehead atoms. The normalized spacial score (nSPS) is 26.1. The van der Waals surface area contributed by atoms with Gasteiger partial charge in [0.2, 0.25) is 0 Å². The quantitative estimate of drug-likeness (QED) is 0.730. The Morgan fingerprint density at radius 3 is 2.95 bits per heavy atom. The maximum Gasteiger partial charge on any atom is 0.105 e. The summed E-state index contributed by atoms with van der Waals surface area (Å²) in [7, 11) is 0. The molecule has 2 aliphatic heterocycles. The van der Waals surface area contributed by atoms with Gasteiger partial charge >= 0.3 is 0 Å². The molecule has 19 heavy (non-hydrogen) atoms. The van der Waals surface area contributed by atoms with Crippen LogP contribution in [0.1, 0.15) is 41.0 Å². The van der Waals surface area contributed by atoms with E-state index in [1.165, 1.54) is 15.3 Å². The first kappa shape index (κ1) is 13.2. The molecule has 1 saturated heterocycles. The van der Waals surface area contributed by atoms with Crippen LogP contribution < -0.4 is 0 Å². The van der Waals surface area contributed by atoms with Gasteiger partial charge in [-0.15, -0.1) is 17.8 Å². The summed E-state index contributed by atoms with van der Waals surface area (Å²) in [6.45, 7) is 8.20. The maximum atomic E-state index is 6.32. The van der Waals surface area contributed by atoms with Gasteiger partial charge in [-0.05, 0) is 31.4 Å². The lowest BCUT2D eigenvalue weighted by molar-refractivity contribution is -0.0998. The van der Waals surface area contributed by atoms with E-state index < -0.39 is 0 Å². The molecule has 2 nitrogen and oxygen atoms in total. The van der Waals surface area contributed by atoms with Gasteiger partial charge in [-0.25, -0.2) is 0 Å². The highest BCUT2D eigenvalue weighted by atomic mass is 32.1.